The minimum Gasteiger partial charge on any atom is -0.372 e. The molecule has 1 saturated carbocycles. The van der Waals surface area contributed by atoms with Gasteiger partial charge in [-0.25, -0.2) is 0 Å². The van der Waals surface area contributed by atoms with Gasteiger partial charge < -0.3 is 15.4 Å². The highest BCUT2D eigenvalue weighted by Crippen LogP contribution is 2.24. The Morgan fingerprint density at radius 3 is 2.24 bits per heavy atom. The van der Waals surface area contributed by atoms with Gasteiger partial charge in [0, 0.05) is 19.1 Å². The van der Waals surface area contributed by atoms with E-state index in [0.29, 0.717) is 18.8 Å². The lowest BCUT2D eigenvalue weighted by Crippen LogP contribution is -2.37. The molecule has 1 aliphatic carbocycles. The van der Waals surface area contributed by atoms with E-state index in [1.807, 2.05) is 0 Å². The molecule has 0 aromatic carbocycles. The first kappa shape index (κ1) is 13.3. The van der Waals surface area contributed by atoms with Crippen molar-refractivity contribution in [1.29, 1.82) is 0 Å². The second-order valence-corrected chi connectivity index (χ2v) is 5.78. The van der Waals surface area contributed by atoms with Crippen molar-refractivity contribution in [3.05, 3.63) is 0 Å². The van der Waals surface area contributed by atoms with E-state index in [4.69, 9.17) is 10.5 Å². The van der Waals surface area contributed by atoms with Gasteiger partial charge in [0.15, 0.2) is 0 Å². The molecule has 3 nitrogen and oxygen atoms in total. The molecule has 2 N–H and O–H groups in total. The molecule has 1 saturated heterocycles. The summed E-state index contributed by atoms with van der Waals surface area (Å²) in [5.41, 5.74) is 5.65. The average molecular weight is 240 g/mol. The molecule has 2 unspecified atom stereocenters. The molecule has 0 spiro atoms. The zero-order valence-electron chi connectivity index (χ0n) is 11.2. The van der Waals surface area contributed by atoms with Crippen molar-refractivity contribution in [3.63, 3.8) is 0 Å². The first-order valence-electron chi connectivity index (χ1n) is 7.35. The van der Waals surface area contributed by atoms with Gasteiger partial charge in [-0.1, -0.05) is 25.7 Å². The van der Waals surface area contributed by atoms with Crippen molar-refractivity contribution in [3.8, 4) is 0 Å². The third-order valence-electron chi connectivity index (χ3n) is 4.40. The lowest BCUT2D eigenvalue weighted by atomic mass is 10.1. The maximum absolute atomic E-state index is 5.94. The van der Waals surface area contributed by atoms with Gasteiger partial charge in [0.2, 0.25) is 0 Å². The normalized spacial score (nSPS) is 31.9. The number of likely N-dealkylation sites (N-methyl/N-ethyl adjacent to an activating group) is 1. The number of nitrogens with zero attached hydrogens (tertiary/aromatic N) is 1. The third-order valence-corrected chi connectivity index (χ3v) is 4.40. The quantitative estimate of drug-likeness (QED) is 0.765. The molecule has 2 aliphatic rings. The summed E-state index contributed by atoms with van der Waals surface area (Å²) in [4.78, 5) is 2.54. The Morgan fingerprint density at radius 2 is 1.65 bits per heavy atom. The van der Waals surface area contributed by atoms with Crippen LogP contribution in [0.3, 0.4) is 0 Å². The van der Waals surface area contributed by atoms with E-state index in [1.165, 1.54) is 44.9 Å². The summed E-state index contributed by atoms with van der Waals surface area (Å²) in [5.74, 6) is 0. The monoisotopic (exact) mass is 240 g/mol. The van der Waals surface area contributed by atoms with Crippen molar-refractivity contribution in [1.82, 2.24) is 4.90 Å². The Morgan fingerprint density at radius 1 is 1.00 bits per heavy atom. The van der Waals surface area contributed by atoms with E-state index in [2.05, 4.69) is 11.9 Å². The van der Waals surface area contributed by atoms with Crippen molar-refractivity contribution in [2.45, 2.75) is 69.6 Å². The number of nitrogens with two attached hydrogens (primary N) is 1. The molecule has 0 amide bonds. The fraction of sp³-hybridized carbons (Fsp3) is 1.00. The average Bonchev–Trinajstić information content (AvgIpc) is 2.62. The van der Waals surface area contributed by atoms with Crippen molar-refractivity contribution in [2.75, 3.05) is 20.1 Å². The molecule has 0 aromatic heterocycles. The predicted octanol–water partition coefficient (Wildman–Crippen LogP) is 2.15. The minimum absolute atomic E-state index is 0.322. The first-order valence-corrected chi connectivity index (χ1v) is 7.35. The molecule has 2 fully saturated rings. The Hall–Kier alpha value is -0.120. The van der Waals surface area contributed by atoms with Crippen LogP contribution in [-0.2, 0) is 4.74 Å². The van der Waals surface area contributed by atoms with Crippen LogP contribution in [0.4, 0.5) is 0 Å². The van der Waals surface area contributed by atoms with Crippen LogP contribution in [0.5, 0.6) is 0 Å². The fourth-order valence-corrected chi connectivity index (χ4v) is 3.26. The maximum Gasteiger partial charge on any atom is 0.0707 e. The van der Waals surface area contributed by atoms with E-state index in [0.717, 1.165) is 19.0 Å². The fourth-order valence-electron chi connectivity index (χ4n) is 3.26. The number of hydrogen-bond donors (Lipinski definition) is 1. The first-order chi connectivity index (χ1) is 8.29. The van der Waals surface area contributed by atoms with Crippen LogP contribution in [0.1, 0.15) is 51.4 Å². The molecule has 1 aliphatic heterocycles. The summed E-state index contributed by atoms with van der Waals surface area (Å²) in [6.45, 7) is 1.78. The molecule has 3 heteroatoms. The van der Waals surface area contributed by atoms with Crippen LogP contribution in [0, 0.1) is 0 Å². The van der Waals surface area contributed by atoms with E-state index in [-0.39, 0.29) is 0 Å². The van der Waals surface area contributed by atoms with Crippen LogP contribution < -0.4 is 5.73 Å². The number of rotatable bonds is 4. The molecular formula is C14H28N2O. The van der Waals surface area contributed by atoms with Gasteiger partial charge in [-0.3, -0.25) is 0 Å². The van der Waals surface area contributed by atoms with Gasteiger partial charge in [-0.05, 0) is 32.7 Å². The van der Waals surface area contributed by atoms with Gasteiger partial charge in [0.25, 0.3) is 0 Å². The summed E-state index contributed by atoms with van der Waals surface area (Å²) in [5, 5.41) is 0. The minimum atomic E-state index is 0.322. The lowest BCUT2D eigenvalue weighted by Gasteiger charge is -2.29. The lowest BCUT2D eigenvalue weighted by molar-refractivity contribution is 0.0227. The van der Waals surface area contributed by atoms with E-state index in [9.17, 15) is 0 Å². The molecule has 0 radical (unpaired) electrons. The molecule has 17 heavy (non-hydrogen) atoms. The number of ether oxygens (including phenoxy) is 1. The highest BCUT2D eigenvalue weighted by Gasteiger charge is 2.27. The summed E-state index contributed by atoms with van der Waals surface area (Å²) in [6, 6.07) is 0.790. The molecule has 0 aromatic rings. The number of hydrogen-bond acceptors (Lipinski definition) is 3. The second-order valence-electron chi connectivity index (χ2n) is 5.78. The molecule has 1 heterocycles. The van der Waals surface area contributed by atoms with Crippen molar-refractivity contribution in [2.24, 2.45) is 5.73 Å². The summed E-state index contributed by atoms with van der Waals surface area (Å²) < 4.78 is 5.94. The van der Waals surface area contributed by atoms with Crippen LogP contribution in [0.15, 0.2) is 0 Å². The standard InChI is InChI=1S/C14H28N2O/c1-16(12-6-4-2-3-5-7-12)11-14-9-8-13(10-15)17-14/h12-14H,2-11,15H2,1H3. The third kappa shape index (κ3) is 3.94. The molecule has 2 rings (SSSR count). The van der Waals surface area contributed by atoms with Crippen LogP contribution in [0.2, 0.25) is 0 Å². The predicted molar refractivity (Wildman–Crippen MR) is 71.1 cm³/mol. The molecule has 2 atom stereocenters. The van der Waals surface area contributed by atoms with Gasteiger partial charge in [0.05, 0.1) is 12.2 Å². The highest BCUT2D eigenvalue weighted by atomic mass is 16.5. The van der Waals surface area contributed by atoms with Gasteiger partial charge >= 0.3 is 0 Å². The smallest absolute Gasteiger partial charge is 0.0707 e. The van der Waals surface area contributed by atoms with Gasteiger partial charge in [-0.2, -0.15) is 0 Å². The zero-order chi connectivity index (χ0) is 12.1. The highest BCUT2D eigenvalue weighted by molar-refractivity contribution is 4.79. The summed E-state index contributed by atoms with van der Waals surface area (Å²) in [7, 11) is 2.27. The van der Waals surface area contributed by atoms with Crippen LogP contribution in [0.25, 0.3) is 0 Å². The maximum atomic E-state index is 5.94. The van der Waals surface area contributed by atoms with Crippen LogP contribution in [-0.4, -0.2) is 43.3 Å². The van der Waals surface area contributed by atoms with E-state index < -0.39 is 0 Å². The topological polar surface area (TPSA) is 38.5 Å². The van der Waals surface area contributed by atoms with E-state index >= 15 is 0 Å². The molecule has 100 valence electrons. The van der Waals surface area contributed by atoms with Gasteiger partial charge in [-0.15, -0.1) is 0 Å². The Kier molecular flexibility index (Phi) is 5.26. The largest absolute Gasteiger partial charge is 0.372 e. The van der Waals surface area contributed by atoms with Crippen molar-refractivity contribution < 1.29 is 4.74 Å². The van der Waals surface area contributed by atoms with Gasteiger partial charge in [0.1, 0.15) is 0 Å². The SMILES string of the molecule is CN(CC1CCC(CN)O1)C1CCCCCC1. The Balaban J connectivity index is 1.74. The summed E-state index contributed by atoms with van der Waals surface area (Å²) >= 11 is 0. The molecular weight excluding hydrogens is 212 g/mol. The second kappa shape index (κ2) is 6.72. The zero-order valence-corrected chi connectivity index (χ0v) is 11.2. The van der Waals surface area contributed by atoms with Crippen molar-refractivity contribution >= 4 is 0 Å². The van der Waals surface area contributed by atoms with Crippen LogP contribution >= 0.6 is 0 Å². The summed E-state index contributed by atoms with van der Waals surface area (Å²) in [6.07, 6.45) is 11.5. The van der Waals surface area contributed by atoms with E-state index in [1.54, 1.807) is 0 Å². The Labute approximate surface area is 106 Å². The Bertz CT molecular complexity index is 214. The molecule has 0 bridgehead atoms.